The molecule has 0 saturated carbocycles. The molecule has 0 radical (unpaired) electrons. The minimum Gasteiger partial charge on any atom is -0.481 e. The van der Waals surface area contributed by atoms with Crippen LogP contribution in [0.2, 0.25) is 0 Å². The first-order chi connectivity index (χ1) is 12.1. The van der Waals surface area contributed by atoms with E-state index < -0.39 is 32.1 Å². The number of hydrogen-bond donors (Lipinski definition) is 4. The van der Waals surface area contributed by atoms with Gasteiger partial charge < -0.3 is 20.0 Å². The Morgan fingerprint density at radius 1 is 1.23 bits per heavy atom. The normalized spacial score (nSPS) is 14.2. The highest BCUT2D eigenvalue weighted by molar-refractivity contribution is 7.50. The van der Waals surface area contributed by atoms with Gasteiger partial charge in [-0.05, 0) is 18.6 Å². The van der Waals surface area contributed by atoms with Gasteiger partial charge in [0.2, 0.25) is 0 Å². The maximum atomic E-state index is 12.1. The van der Waals surface area contributed by atoms with E-state index in [1.807, 2.05) is 5.09 Å². The van der Waals surface area contributed by atoms with Gasteiger partial charge in [0.15, 0.2) is 0 Å². The first-order valence-corrected chi connectivity index (χ1v) is 9.20. The molecule has 1 aromatic carbocycles. The van der Waals surface area contributed by atoms with Crippen molar-refractivity contribution >= 4 is 25.6 Å². The number of rotatable bonds is 11. The van der Waals surface area contributed by atoms with E-state index in [9.17, 15) is 23.8 Å². The Hall–Kier alpha value is -2.26. The van der Waals surface area contributed by atoms with Gasteiger partial charge in [-0.15, -0.1) is 0 Å². The van der Waals surface area contributed by atoms with E-state index in [2.05, 4.69) is 0 Å². The Morgan fingerprint density at radius 2 is 1.85 bits per heavy atom. The molecule has 11 heteroatoms. The van der Waals surface area contributed by atoms with E-state index in [-0.39, 0.29) is 25.5 Å². The summed E-state index contributed by atoms with van der Waals surface area (Å²) in [6.45, 7) is -0.325. The van der Waals surface area contributed by atoms with Gasteiger partial charge in [-0.2, -0.15) is 0 Å². The molecule has 0 bridgehead atoms. The van der Waals surface area contributed by atoms with Crippen molar-refractivity contribution in [3.8, 4) is 0 Å². The van der Waals surface area contributed by atoms with E-state index in [0.717, 1.165) is 0 Å². The SMILES string of the molecule is CN(CCOP(=O)(O)N[C@@H](CCC(=O)O)C(=O)O)C(=O)c1ccccc1. The minimum atomic E-state index is -4.48. The van der Waals surface area contributed by atoms with Crippen molar-refractivity contribution in [1.82, 2.24) is 9.99 Å². The highest BCUT2D eigenvalue weighted by atomic mass is 31.2. The molecule has 2 atom stereocenters. The number of amides is 1. The number of aliphatic carboxylic acids is 2. The number of benzene rings is 1. The summed E-state index contributed by atoms with van der Waals surface area (Å²) in [5.74, 6) is -3.01. The third-order valence-electron chi connectivity index (χ3n) is 3.32. The molecule has 0 aliphatic heterocycles. The lowest BCUT2D eigenvalue weighted by Crippen LogP contribution is -2.36. The van der Waals surface area contributed by atoms with Crippen LogP contribution in [0.15, 0.2) is 30.3 Å². The Kier molecular flexibility index (Phi) is 8.40. The Bertz CT molecular complexity index is 681. The molecule has 144 valence electrons. The number of carboxylic acids is 2. The summed E-state index contributed by atoms with van der Waals surface area (Å²) < 4.78 is 16.7. The van der Waals surface area contributed by atoms with Crippen molar-refractivity contribution in [1.29, 1.82) is 0 Å². The van der Waals surface area contributed by atoms with Crippen LogP contribution in [0.5, 0.6) is 0 Å². The number of carboxylic acid groups (broad SMARTS) is 2. The zero-order valence-electron chi connectivity index (χ0n) is 14.1. The zero-order chi connectivity index (χ0) is 19.7. The van der Waals surface area contributed by atoms with Crippen LogP contribution >= 0.6 is 7.75 Å². The second-order valence-electron chi connectivity index (χ2n) is 5.40. The summed E-state index contributed by atoms with van der Waals surface area (Å²) in [5.41, 5.74) is 0.444. The van der Waals surface area contributed by atoms with Crippen LogP contribution in [0.1, 0.15) is 23.2 Å². The van der Waals surface area contributed by atoms with Crippen LogP contribution in [0.3, 0.4) is 0 Å². The molecular formula is C15H21N2O8P. The number of likely N-dealkylation sites (N-methyl/N-ethyl adjacent to an activating group) is 1. The predicted molar refractivity (Wildman–Crippen MR) is 90.6 cm³/mol. The largest absolute Gasteiger partial charge is 0.481 e. The lowest BCUT2D eigenvalue weighted by Gasteiger charge is -2.21. The van der Waals surface area contributed by atoms with Gasteiger partial charge in [-0.1, -0.05) is 18.2 Å². The monoisotopic (exact) mass is 388 g/mol. The van der Waals surface area contributed by atoms with E-state index in [4.69, 9.17) is 14.7 Å². The molecule has 0 spiro atoms. The van der Waals surface area contributed by atoms with Gasteiger partial charge in [0, 0.05) is 25.6 Å². The predicted octanol–water partition coefficient (Wildman–Crippen LogP) is 0.783. The molecule has 1 unspecified atom stereocenters. The van der Waals surface area contributed by atoms with Gasteiger partial charge in [0.05, 0.1) is 6.61 Å². The lowest BCUT2D eigenvalue weighted by molar-refractivity contribution is -0.140. The van der Waals surface area contributed by atoms with E-state index in [1.165, 1.54) is 11.9 Å². The molecule has 0 heterocycles. The van der Waals surface area contributed by atoms with Crippen LogP contribution in [0.25, 0.3) is 0 Å². The molecule has 4 N–H and O–H groups in total. The Balaban J connectivity index is 2.51. The Morgan fingerprint density at radius 3 is 2.38 bits per heavy atom. The molecule has 0 aliphatic carbocycles. The number of carbonyl (C=O) groups excluding carboxylic acids is 1. The van der Waals surface area contributed by atoms with Gasteiger partial charge in [0.1, 0.15) is 6.04 Å². The lowest BCUT2D eigenvalue weighted by atomic mass is 10.2. The maximum Gasteiger partial charge on any atom is 0.403 e. The summed E-state index contributed by atoms with van der Waals surface area (Å²) in [7, 11) is -3.00. The van der Waals surface area contributed by atoms with Crippen molar-refractivity contribution in [2.45, 2.75) is 18.9 Å². The molecule has 0 saturated heterocycles. The molecule has 0 aromatic heterocycles. The highest BCUT2D eigenvalue weighted by Gasteiger charge is 2.29. The summed E-state index contributed by atoms with van der Waals surface area (Å²) in [4.78, 5) is 44.6. The standard InChI is InChI=1S/C15H21N2O8P/c1-17(14(20)11-5-3-2-4-6-11)9-10-25-26(23,24)16-12(15(21)22)7-8-13(18)19/h2-6,12H,7-10H2,1H3,(H,18,19)(H,21,22)(H2,16,23,24)/t12-/m0/s1. The first-order valence-electron chi connectivity index (χ1n) is 7.62. The fourth-order valence-corrected chi connectivity index (χ4v) is 2.99. The zero-order valence-corrected chi connectivity index (χ0v) is 15.0. The molecule has 1 rings (SSSR count). The molecular weight excluding hydrogens is 367 g/mol. The second kappa shape index (κ2) is 10.0. The quantitative estimate of drug-likeness (QED) is 0.403. The molecule has 1 aromatic rings. The smallest absolute Gasteiger partial charge is 0.403 e. The Labute approximate surface area is 150 Å². The van der Waals surface area contributed by atoms with Gasteiger partial charge in [-0.3, -0.25) is 18.9 Å². The van der Waals surface area contributed by atoms with Crippen LogP contribution in [-0.4, -0.2) is 64.1 Å². The van der Waals surface area contributed by atoms with Crippen LogP contribution < -0.4 is 5.09 Å². The average molecular weight is 388 g/mol. The fourth-order valence-electron chi connectivity index (χ4n) is 1.95. The number of nitrogens with one attached hydrogen (secondary N) is 1. The topological polar surface area (TPSA) is 153 Å². The molecule has 1 amide bonds. The van der Waals surface area contributed by atoms with Crippen molar-refractivity contribution in [3.63, 3.8) is 0 Å². The third-order valence-corrected chi connectivity index (χ3v) is 4.49. The minimum absolute atomic E-state index is 0.00712. The summed E-state index contributed by atoms with van der Waals surface area (Å²) in [6.07, 6.45) is -0.872. The van der Waals surface area contributed by atoms with Crippen molar-refractivity contribution in [3.05, 3.63) is 35.9 Å². The fraction of sp³-hybridized carbons (Fsp3) is 0.400. The third kappa shape index (κ3) is 7.75. The summed E-state index contributed by atoms with van der Waals surface area (Å²) in [6, 6.07) is 6.86. The summed E-state index contributed by atoms with van der Waals surface area (Å²) >= 11 is 0. The first kappa shape index (κ1) is 21.8. The average Bonchev–Trinajstić information content (AvgIpc) is 2.58. The van der Waals surface area contributed by atoms with Gasteiger partial charge in [0.25, 0.3) is 5.91 Å². The number of hydrogen-bond acceptors (Lipinski definition) is 5. The molecule has 0 fully saturated rings. The van der Waals surface area contributed by atoms with Gasteiger partial charge >= 0.3 is 19.7 Å². The molecule has 26 heavy (non-hydrogen) atoms. The number of carbonyl (C=O) groups is 3. The number of nitrogens with zero attached hydrogens (tertiary/aromatic N) is 1. The van der Waals surface area contributed by atoms with Crippen molar-refractivity contribution < 1.29 is 38.6 Å². The van der Waals surface area contributed by atoms with Crippen molar-refractivity contribution in [2.75, 3.05) is 20.2 Å². The molecule has 10 nitrogen and oxygen atoms in total. The van der Waals surface area contributed by atoms with Crippen molar-refractivity contribution in [2.24, 2.45) is 0 Å². The van der Waals surface area contributed by atoms with E-state index in [0.29, 0.717) is 5.56 Å². The highest BCUT2D eigenvalue weighted by Crippen LogP contribution is 2.37. The molecule has 0 aliphatic rings. The van der Waals surface area contributed by atoms with Gasteiger partial charge in [-0.25, -0.2) is 9.65 Å². The second-order valence-corrected chi connectivity index (χ2v) is 6.96. The van der Waals surface area contributed by atoms with E-state index in [1.54, 1.807) is 30.3 Å². The summed E-state index contributed by atoms with van der Waals surface area (Å²) in [5, 5.41) is 19.4. The maximum absolute atomic E-state index is 12.1. The van der Waals surface area contributed by atoms with Crippen LogP contribution in [0.4, 0.5) is 0 Å². The van der Waals surface area contributed by atoms with Crippen LogP contribution in [0, 0.1) is 0 Å². The van der Waals surface area contributed by atoms with E-state index >= 15 is 0 Å². The van der Waals surface area contributed by atoms with Crippen LogP contribution in [-0.2, 0) is 18.7 Å².